The summed E-state index contributed by atoms with van der Waals surface area (Å²) in [6.45, 7) is 5.44. The van der Waals surface area contributed by atoms with Crippen LogP contribution in [0.15, 0.2) is 0 Å². The molecule has 0 aliphatic carbocycles. The molecule has 0 amide bonds. The Balaban J connectivity index is 2.90. The smallest absolute Gasteiger partial charge is 0.325 e. The molecule has 17 heavy (non-hydrogen) atoms. The van der Waals surface area contributed by atoms with Gasteiger partial charge in [-0.05, 0) is 33.6 Å². The number of ether oxygens (including phenoxy) is 1. The number of carboxylic acid groups (broad SMARTS) is 1. The molecule has 0 aromatic carbocycles. The zero-order valence-electron chi connectivity index (χ0n) is 10.4. The first-order valence-corrected chi connectivity index (χ1v) is 5.59. The van der Waals surface area contributed by atoms with Crippen LogP contribution in [0, 0.1) is 5.41 Å². The fourth-order valence-corrected chi connectivity index (χ4v) is 1.60. The minimum absolute atomic E-state index is 0.0722. The molecule has 0 aromatic rings. The zero-order valence-corrected chi connectivity index (χ0v) is 10.4. The van der Waals surface area contributed by atoms with Gasteiger partial charge in [-0.1, -0.05) is 0 Å². The van der Waals surface area contributed by atoms with E-state index in [2.05, 4.69) is 5.48 Å². The Hall–Kier alpha value is -1.14. The molecule has 0 radical (unpaired) electrons. The van der Waals surface area contributed by atoms with E-state index in [1.54, 1.807) is 20.8 Å². The van der Waals surface area contributed by atoms with Crippen LogP contribution in [0.2, 0.25) is 0 Å². The van der Waals surface area contributed by atoms with Gasteiger partial charge in [-0.2, -0.15) is 0 Å². The summed E-state index contributed by atoms with van der Waals surface area (Å²) < 4.78 is 5.18. The Morgan fingerprint density at radius 3 is 2.59 bits per heavy atom. The molecule has 98 valence electrons. The van der Waals surface area contributed by atoms with E-state index in [1.807, 2.05) is 0 Å². The Bertz CT molecular complexity index is 299. The molecule has 6 heteroatoms. The maximum absolute atomic E-state index is 12.0. The lowest BCUT2D eigenvalue weighted by Crippen LogP contribution is -2.48. The Morgan fingerprint density at radius 1 is 1.41 bits per heavy atom. The number of hydrogen-bond acceptors (Lipinski definition) is 5. The molecule has 0 bridgehead atoms. The summed E-state index contributed by atoms with van der Waals surface area (Å²) in [7, 11) is 0. The van der Waals surface area contributed by atoms with Gasteiger partial charge in [0.15, 0.2) is 5.41 Å². The van der Waals surface area contributed by atoms with Gasteiger partial charge in [0.25, 0.3) is 0 Å². The van der Waals surface area contributed by atoms with Gasteiger partial charge in [-0.15, -0.1) is 0 Å². The van der Waals surface area contributed by atoms with Crippen molar-refractivity contribution in [2.45, 2.75) is 39.2 Å². The van der Waals surface area contributed by atoms with Gasteiger partial charge in [0.1, 0.15) is 5.60 Å². The first-order valence-electron chi connectivity index (χ1n) is 5.59. The standard InChI is InChI=1S/C11H19NO5/c1-10(2,3)17-9(15)11(8(13)14)5-4-6-16-12-7-11/h12H,4-7H2,1-3H3,(H,13,14). The van der Waals surface area contributed by atoms with Crippen molar-refractivity contribution in [1.82, 2.24) is 5.48 Å². The second kappa shape index (κ2) is 5.01. The van der Waals surface area contributed by atoms with Crippen molar-refractivity contribution in [3.05, 3.63) is 0 Å². The highest BCUT2D eigenvalue weighted by Crippen LogP contribution is 2.29. The number of hydroxylamine groups is 1. The van der Waals surface area contributed by atoms with Crippen molar-refractivity contribution in [3.8, 4) is 0 Å². The maximum atomic E-state index is 12.0. The second-order valence-electron chi connectivity index (χ2n) is 5.16. The second-order valence-corrected chi connectivity index (χ2v) is 5.16. The lowest BCUT2D eigenvalue weighted by atomic mass is 9.83. The number of hydrogen-bond donors (Lipinski definition) is 2. The maximum Gasteiger partial charge on any atom is 0.325 e. The van der Waals surface area contributed by atoms with E-state index in [1.165, 1.54) is 0 Å². The number of aliphatic carboxylic acids is 1. The summed E-state index contributed by atoms with van der Waals surface area (Å²) >= 11 is 0. The van der Waals surface area contributed by atoms with Crippen molar-refractivity contribution in [2.75, 3.05) is 13.2 Å². The molecule has 1 aliphatic rings. The lowest BCUT2D eigenvalue weighted by Gasteiger charge is -2.29. The van der Waals surface area contributed by atoms with E-state index in [0.29, 0.717) is 13.0 Å². The van der Waals surface area contributed by atoms with Gasteiger partial charge in [0, 0.05) is 6.54 Å². The molecule has 1 heterocycles. The molecular weight excluding hydrogens is 226 g/mol. The summed E-state index contributed by atoms with van der Waals surface area (Å²) in [5, 5.41) is 9.28. The largest absolute Gasteiger partial charge is 0.480 e. The summed E-state index contributed by atoms with van der Waals surface area (Å²) in [6, 6.07) is 0. The molecule has 0 aromatic heterocycles. The van der Waals surface area contributed by atoms with Crippen LogP contribution in [-0.2, 0) is 19.2 Å². The molecule has 2 N–H and O–H groups in total. The number of esters is 1. The molecule has 1 atom stereocenters. The summed E-state index contributed by atoms with van der Waals surface area (Å²) in [4.78, 5) is 28.4. The van der Waals surface area contributed by atoms with Crippen LogP contribution in [0.4, 0.5) is 0 Å². The summed E-state index contributed by atoms with van der Waals surface area (Å²) in [6.07, 6.45) is 0.711. The van der Waals surface area contributed by atoms with E-state index in [-0.39, 0.29) is 13.0 Å². The topological polar surface area (TPSA) is 84.9 Å². The van der Waals surface area contributed by atoms with Crippen molar-refractivity contribution in [2.24, 2.45) is 5.41 Å². The molecule has 0 spiro atoms. The van der Waals surface area contributed by atoms with Gasteiger partial charge in [0.05, 0.1) is 6.61 Å². The van der Waals surface area contributed by atoms with E-state index in [0.717, 1.165) is 0 Å². The van der Waals surface area contributed by atoms with Gasteiger partial charge < -0.3 is 14.7 Å². The van der Waals surface area contributed by atoms with Gasteiger partial charge >= 0.3 is 11.9 Å². The molecule has 1 rings (SSSR count). The van der Waals surface area contributed by atoms with E-state index < -0.39 is 23.0 Å². The van der Waals surface area contributed by atoms with Crippen molar-refractivity contribution in [3.63, 3.8) is 0 Å². The molecule has 0 saturated carbocycles. The number of rotatable bonds is 2. The highest BCUT2D eigenvalue weighted by molar-refractivity contribution is 5.99. The van der Waals surface area contributed by atoms with E-state index in [9.17, 15) is 14.7 Å². The van der Waals surface area contributed by atoms with Crippen LogP contribution >= 0.6 is 0 Å². The number of carboxylic acids is 1. The van der Waals surface area contributed by atoms with Crippen molar-refractivity contribution < 1.29 is 24.3 Å². The Kier molecular flexibility index (Phi) is 4.11. The van der Waals surface area contributed by atoms with Crippen LogP contribution in [0.1, 0.15) is 33.6 Å². The van der Waals surface area contributed by atoms with Gasteiger partial charge in [-0.3, -0.25) is 9.59 Å². The minimum Gasteiger partial charge on any atom is -0.480 e. The first-order chi connectivity index (χ1) is 7.78. The predicted molar refractivity (Wildman–Crippen MR) is 59.1 cm³/mol. The molecule has 6 nitrogen and oxygen atoms in total. The van der Waals surface area contributed by atoms with Gasteiger partial charge in [0.2, 0.25) is 0 Å². The van der Waals surface area contributed by atoms with Crippen LogP contribution in [0.3, 0.4) is 0 Å². The first kappa shape index (κ1) is 13.9. The number of carbonyl (C=O) groups is 2. The third-order valence-electron chi connectivity index (χ3n) is 2.52. The van der Waals surface area contributed by atoms with Crippen LogP contribution in [0.5, 0.6) is 0 Å². The fraction of sp³-hybridized carbons (Fsp3) is 0.818. The molecule has 1 fully saturated rings. The summed E-state index contributed by atoms with van der Waals surface area (Å²) in [5.41, 5.74) is 0.251. The lowest BCUT2D eigenvalue weighted by molar-refractivity contribution is -0.177. The average molecular weight is 245 g/mol. The van der Waals surface area contributed by atoms with Crippen LogP contribution in [0.25, 0.3) is 0 Å². The highest BCUT2D eigenvalue weighted by Gasteiger charge is 2.49. The predicted octanol–water partition coefficient (Wildman–Crippen LogP) is 0.714. The minimum atomic E-state index is -1.55. The fourth-order valence-electron chi connectivity index (χ4n) is 1.60. The van der Waals surface area contributed by atoms with Crippen molar-refractivity contribution >= 4 is 11.9 Å². The van der Waals surface area contributed by atoms with Gasteiger partial charge in [-0.25, -0.2) is 5.48 Å². The third-order valence-corrected chi connectivity index (χ3v) is 2.52. The Labute approximate surface area is 100 Å². The normalized spacial score (nSPS) is 26.1. The molecule has 1 aliphatic heterocycles. The number of nitrogens with one attached hydrogen (secondary N) is 1. The SMILES string of the molecule is CC(C)(C)OC(=O)C1(C(=O)O)CCCONC1. The van der Waals surface area contributed by atoms with E-state index in [4.69, 9.17) is 9.57 Å². The van der Waals surface area contributed by atoms with Crippen molar-refractivity contribution in [1.29, 1.82) is 0 Å². The van der Waals surface area contributed by atoms with Crippen LogP contribution in [-0.4, -0.2) is 35.8 Å². The summed E-state index contributed by atoms with van der Waals surface area (Å²) in [5.74, 6) is -1.89. The molecular formula is C11H19NO5. The monoisotopic (exact) mass is 245 g/mol. The molecule has 1 unspecified atom stereocenters. The van der Waals surface area contributed by atoms with Crippen LogP contribution < -0.4 is 5.48 Å². The highest BCUT2D eigenvalue weighted by atomic mass is 16.6. The third kappa shape index (κ3) is 3.41. The average Bonchev–Trinajstić information content (AvgIpc) is 2.40. The Morgan fingerprint density at radius 2 is 2.06 bits per heavy atom. The van der Waals surface area contributed by atoms with E-state index >= 15 is 0 Å². The number of carbonyl (C=O) groups excluding carboxylic acids is 1. The molecule has 1 saturated heterocycles. The quantitative estimate of drug-likeness (QED) is 0.550. The zero-order chi connectivity index (χ0) is 13.1.